The average Bonchev–Trinajstić information content (AvgIpc) is 2.86. The van der Waals surface area contributed by atoms with Crippen molar-refractivity contribution in [1.29, 1.82) is 0 Å². The van der Waals surface area contributed by atoms with E-state index in [1.54, 1.807) is 19.4 Å². The Morgan fingerprint density at radius 2 is 2.04 bits per heavy atom. The third kappa shape index (κ3) is 2.61. The summed E-state index contributed by atoms with van der Waals surface area (Å²) in [5.41, 5.74) is 1.37. The zero-order valence-electron chi connectivity index (χ0n) is 13.3. The number of nitrogens with zero attached hydrogens (tertiary/aromatic N) is 4. The van der Waals surface area contributed by atoms with Crippen molar-refractivity contribution >= 4 is 39.9 Å². The molecule has 3 aromatic heterocycles. The average molecular weight is 347 g/mol. The molecule has 3 heterocycles. The number of fused-ring (bicyclic) bond motifs is 1. The van der Waals surface area contributed by atoms with E-state index in [-0.39, 0.29) is 28.1 Å². The van der Waals surface area contributed by atoms with Crippen molar-refractivity contribution in [2.75, 3.05) is 12.4 Å². The first-order valence-electron chi connectivity index (χ1n) is 7.08. The summed E-state index contributed by atoms with van der Waals surface area (Å²) < 4.78 is 3.31. The molecule has 0 radical (unpaired) electrons. The first kappa shape index (κ1) is 16.0. The number of nitrogens with one attached hydrogen (secondary N) is 2. The van der Waals surface area contributed by atoms with Gasteiger partial charge in [-0.05, 0) is 17.7 Å². The van der Waals surface area contributed by atoms with E-state index in [0.717, 1.165) is 5.52 Å². The summed E-state index contributed by atoms with van der Waals surface area (Å²) >= 11 is 5.85. The molecule has 0 spiro atoms. The Morgan fingerprint density at radius 3 is 2.75 bits per heavy atom. The summed E-state index contributed by atoms with van der Waals surface area (Å²) in [6.45, 7) is 0. The van der Waals surface area contributed by atoms with E-state index in [2.05, 4.69) is 20.6 Å². The fraction of sp³-hybridized carbons (Fsp3) is 0.200. The van der Waals surface area contributed by atoms with Gasteiger partial charge in [0.1, 0.15) is 11.4 Å². The lowest BCUT2D eigenvalue weighted by Crippen LogP contribution is -2.20. The van der Waals surface area contributed by atoms with E-state index >= 15 is 0 Å². The van der Waals surface area contributed by atoms with Gasteiger partial charge in [0.2, 0.25) is 5.28 Å². The molecular weight excluding hydrogens is 332 g/mol. The van der Waals surface area contributed by atoms with Crippen molar-refractivity contribution < 1.29 is 4.79 Å². The molecule has 9 heteroatoms. The highest BCUT2D eigenvalue weighted by Crippen LogP contribution is 2.26. The van der Waals surface area contributed by atoms with Crippen LogP contribution in [-0.2, 0) is 14.1 Å². The van der Waals surface area contributed by atoms with Crippen LogP contribution in [0.1, 0.15) is 10.4 Å². The molecule has 0 unspecified atom stereocenters. The van der Waals surface area contributed by atoms with E-state index in [1.807, 2.05) is 17.7 Å². The summed E-state index contributed by atoms with van der Waals surface area (Å²) in [4.78, 5) is 32.3. The van der Waals surface area contributed by atoms with Crippen molar-refractivity contribution in [2.24, 2.45) is 14.1 Å². The second-order valence-corrected chi connectivity index (χ2v) is 5.59. The molecule has 0 bridgehead atoms. The molecule has 8 nitrogen and oxygen atoms in total. The van der Waals surface area contributed by atoms with Crippen LogP contribution in [0.15, 0.2) is 29.5 Å². The van der Waals surface area contributed by atoms with E-state index in [4.69, 9.17) is 11.6 Å². The van der Waals surface area contributed by atoms with Crippen LogP contribution in [-0.4, -0.2) is 32.1 Å². The highest BCUT2D eigenvalue weighted by molar-refractivity contribution is 6.28. The van der Waals surface area contributed by atoms with Crippen LogP contribution in [0.2, 0.25) is 5.28 Å². The molecule has 3 rings (SSSR count). The highest BCUT2D eigenvalue weighted by Gasteiger charge is 2.17. The van der Waals surface area contributed by atoms with Crippen LogP contribution in [0.4, 0.5) is 11.5 Å². The number of hydrogen-bond acceptors (Lipinski definition) is 5. The van der Waals surface area contributed by atoms with E-state index in [9.17, 15) is 9.59 Å². The lowest BCUT2D eigenvalue weighted by molar-refractivity contribution is 0.0963. The van der Waals surface area contributed by atoms with E-state index in [1.165, 1.54) is 17.8 Å². The second kappa shape index (κ2) is 5.97. The maximum atomic E-state index is 12.5. The van der Waals surface area contributed by atoms with Gasteiger partial charge >= 0.3 is 0 Å². The SMILES string of the molecule is CNC(=O)c1cnc(Cl)nc1Nc1cn(C)c2ccn(C)c(=O)c12. The number of rotatable bonds is 3. The number of aryl methyl sites for hydroxylation is 2. The number of pyridine rings is 1. The Kier molecular flexibility index (Phi) is 3.98. The minimum atomic E-state index is -0.359. The summed E-state index contributed by atoms with van der Waals surface area (Å²) in [7, 11) is 5.02. The molecule has 0 atom stereocenters. The standard InChI is InChI=1S/C15H15ClN6O2/c1-17-13(23)8-6-18-15(16)20-12(8)19-9-7-22(3)10-4-5-21(2)14(24)11(9)10/h4-7H,1-3H3,(H,17,23)(H,18,19,20). The summed E-state index contributed by atoms with van der Waals surface area (Å²) in [5.74, 6) is -0.130. The van der Waals surface area contributed by atoms with E-state index < -0.39 is 0 Å². The Balaban J connectivity index is 2.18. The molecule has 0 aliphatic carbocycles. The first-order chi connectivity index (χ1) is 11.4. The highest BCUT2D eigenvalue weighted by atomic mass is 35.5. The number of hydrogen-bond donors (Lipinski definition) is 2. The molecule has 0 aliphatic heterocycles. The van der Waals surface area contributed by atoms with Crippen molar-refractivity contribution in [3.05, 3.63) is 45.9 Å². The molecule has 0 saturated heterocycles. The van der Waals surface area contributed by atoms with Gasteiger partial charge in [-0.25, -0.2) is 4.98 Å². The summed E-state index contributed by atoms with van der Waals surface area (Å²) in [5, 5.41) is 6.05. The van der Waals surface area contributed by atoms with Gasteiger partial charge in [0.25, 0.3) is 11.5 Å². The largest absolute Gasteiger partial charge is 0.355 e. The fourth-order valence-electron chi connectivity index (χ4n) is 2.47. The topological polar surface area (TPSA) is 93.8 Å². The van der Waals surface area contributed by atoms with Gasteiger partial charge in [-0.1, -0.05) is 0 Å². The molecule has 0 aliphatic rings. The smallest absolute Gasteiger partial charge is 0.261 e. The lowest BCUT2D eigenvalue weighted by atomic mass is 10.2. The van der Waals surface area contributed by atoms with Gasteiger partial charge in [-0.15, -0.1) is 0 Å². The van der Waals surface area contributed by atoms with Crippen LogP contribution in [0.5, 0.6) is 0 Å². The van der Waals surface area contributed by atoms with Gasteiger partial charge in [-0.2, -0.15) is 4.98 Å². The molecule has 2 N–H and O–H groups in total. The number of amides is 1. The normalized spacial score (nSPS) is 10.8. The van der Waals surface area contributed by atoms with Crippen molar-refractivity contribution in [3.63, 3.8) is 0 Å². The maximum Gasteiger partial charge on any atom is 0.261 e. The van der Waals surface area contributed by atoms with E-state index in [0.29, 0.717) is 11.1 Å². The van der Waals surface area contributed by atoms with Crippen molar-refractivity contribution in [2.45, 2.75) is 0 Å². The van der Waals surface area contributed by atoms with Crippen LogP contribution < -0.4 is 16.2 Å². The predicted molar refractivity (Wildman–Crippen MR) is 91.9 cm³/mol. The third-order valence-corrected chi connectivity index (χ3v) is 3.88. The van der Waals surface area contributed by atoms with Gasteiger partial charge < -0.3 is 19.8 Å². The van der Waals surface area contributed by atoms with Crippen LogP contribution in [0.3, 0.4) is 0 Å². The van der Waals surface area contributed by atoms with Crippen LogP contribution >= 0.6 is 11.6 Å². The molecule has 0 saturated carbocycles. The molecule has 0 fully saturated rings. The molecular formula is C15H15ClN6O2. The Morgan fingerprint density at radius 1 is 1.29 bits per heavy atom. The fourth-order valence-corrected chi connectivity index (χ4v) is 2.61. The third-order valence-electron chi connectivity index (χ3n) is 3.70. The number of halogens is 1. The lowest BCUT2D eigenvalue weighted by Gasteiger charge is -2.09. The van der Waals surface area contributed by atoms with Crippen molar-refractivity contribution in [3.8, 4) is 0 Å². The minimum absolute atomic E-state index is 0.00158. The van der Waals surface area contributed by atoms with Crippen LogP contribution in [0.25, 0.3) is 10.9 Å². The maximum absolute atomic E-state index is 12.5. The zero-order valence-corrected chi connectivity index (χ0v) is 14.0. The number of anilines is 2. The quantitative estimate of drug-likeness (QED) is 0.700. The number of carbonyl (C=O) groups is 1. The Bertz CT molecular complexity index is 1010. The van der Waals surface area contributed by atoms with Gasteiger partial charge in [0, 0.05) is 39.7 Å². The Hall–Kier alpha value is -2.87. The van der Waals surface area contributed by atoms with Gasteiger partial charge in [0.05, 0.1) is 16.6 Å². The molecule has 24 heavy (non-hydrogen) atoms. The van der Waals surface area contributed by atoms with Gasteiger partial charge in [-0.3, -0.25) is 9.59 Å². The molecule has 124 valence electrons. The molecule has 0 aromatic carbocycles. The zero-order chi connectivity index (χ0) is 17.4. The van der Waals surface area contributed by atoms with Crippen LogP contribution in [0, 0.1) is 0 Å². The van der Waals surface area contributed by atoms with Gasteiger partial charge in [0.15, 0.2) is 0 Å². The summed E-state index contributed by atoms with van der Waals surface area (Å²) in [6, 6.07) is 1.84. The monoisotopic (exact) mass is 346 g/mol. The number of aromatic nitrogens is 4. The Labute approximate surface area is 142 Å². The number of carbonyl (C=O) groups excluding carboxylic acids is 1. The van der Waals surface area contributed by atoms with Crippen molar-refractivity contribution in [1.82, 2.24) is 24.4 Å². The molecule has 1 amide bonds. The summed E-state index contributed by atoms with van der Waals surface area (Å²) in [6.07, 6.45) is 4.79. The molecule has 3 aromatic rings. The first-order valence-corrected chi connectivity index (χ1v) is 7.46. The minimum Gasteiger partial charge on any atom is -0.355 e. The second-order valence-electron chi connectivity index (χ2n) is 5.25. The predicted octanol–water partition coefficient (Wildman–Crippen LogP) is 1.42.